The predicted octanol–water partition coefficient (Wildman–Crippen LogP) is 2.37. The highest BCUT2D eigenvalue weighted by molar-refractivity contribution is 6.30. The van der Waals surface area contributed by atoms with Gasteiger partial charge in [0.15, 0.2) is 0 Å². The minimum Gasteiger partial charge on any atom is -0.496 e. The first-order valence-corrected chi connectivity index (χ1v) is 6.19. The third-order valence-corrected chi connectivity index (χ3v) is 3.14. The molecule has 0 heterocycles. The molecule has 0 spiro atoms. The molecular formula is C13H20Cl2N2O2. The third-order valence-electron chi connectivity index (χ3n) is 2.90. The van der Waals surface area contributed by atoms with Crippen molar-refractivity contribution >= 4 is 29.9 Å². The van der Waals surface area contributed by atoms with Crippen molar-refractivity contribution in [3.63, 3.8) is 0 Å². The van der Waals surface area contributed by atoms with E-state index in [9.17, 15) is 4.79 Å². The summed E-state index contributed by atoms with van der Waals surface area (Å²) in [6.07, 6.45) is 0. The Bertz CT molecular complexity index is 425. The maximum Gasteiger partial charge on any atom is 0.224 e. The fourth-order valence-electron chi connectivity index (χ4n) is 1.45. The van der Waals surface area contributed by atoms with Crippen LogP contribution in [0.15, 0.2) is 18.2 Å². The topological polar surface area (TPSA) is 64.3 Å². The molecule has 1 aromatic carbocycles. The smallest absolute Gasteiger partial charge is 0.224 e. The van der Waals surface area contributed by atoms with Crippen LogP contribution in [0, 0.1) is 5.92 Å². The molecule has 0 saturated heterocycles. The van der Waals surface area contributed by atoms with Crippen LogP contribution >= 0.6 is 24.0 Å². The van der Waals surface area contributed by atoms with Gasteiger partial charge in [0.2, 0.25) is 5.91 Å². The highest BCUT2D eigenvalue weighted by Gasteiger charge is 2.17. The number of amides is 1. The first kappa shape index (κ1) is 18.0. The number of hydrogen-bond acceptors (Lipinski definition) is 3. The Hall–Kier alpha value is -0.970. The summed E-state index contributed by atoms with van der Waals surface area (Å²) in [6.45, 7) is 4.02. The van der Waals surface area contributed by atoms with Crippen LogP contribution < -0.4 is 15.8 Å². The van der Waals surface area contributed by atoms with Gasteiger partial charge >= 0.3 is 0 Å². The fraction of sp³-hybridized carbons (Fsp3) is 0.462. The molecular weight excluding hydrogens is 287 g/mol. The van der Waals surface area contributed by atoms with Crippen molar-refractivity contribution in [2.24, 2.45) is 11.7 Å². The van der Waals surface area contributed by atoms with Crippen LogP contribution in [0.1, 0.15) is 19.4 Å². The number of methoxy groups -OCH3 is 1. The van der Waals surface area contributed by atoms with Crippen LogP contribution in [-0.2, 0) is 11.3 Å². The Morgan fingerprint density at radius 2 is 2.11 bits per heavy atom. The molecule has 0 aromatic heterocycles. The molecule has 0 saturated carbocycles. The predicted molar refractivity (Wildman–Crippen MR) is 79.9 cm³/mol. The molecule has 2 unspecified atom stereocenters. The number of carbonyl (C=O) groups excluding carboxylic acids is 1. The average Bonchev–Trinajstić information content (AvgIpc) is 2.35. The Balaban J connectivity index is 0.00000324. The van der Waals surface area contributed by atoms with Crippen molar-refractivity contribution in [1.82, 2.24) is 5.32 Å². The second-order valence-electron chi connectivity index (χ2n) is 4.32. The van der Waals surface area contributed by atoms with E-state index in [0.29, 0.717) is 17.3 Å². The zero-order valence-electron chi connectivity index (χ0n) is 11.3. The van der Waals surface area contributed by atoms with Crippen molar-refractivity contribution in [3.8, 4) is 5.75 Å². The zero-order chi connectivity index (χ0) is 13.7. The summed E-state index contributed by atoms with van der Waals surface area (Å²) < 4.78 is 5.21. The number of hydrogen-bond donors (Lipinski definition) is 2. The van der Waals surface area contributed by atoms with Crippen LogP contribution in [0.25, 0.3) is 0 Å². The minimum atomic E-state index is -0.219. The molecule has 0 aliphatic heterocycles. The van der Waals surface area contributed by atoms with Gasteiger partial charge in [0.05, 0.1) is 7.11 Å². The molecule has 0 aliphatic rings. The number of benzene rings is 1. The molecule has 4 nitrogen and oxygen atoms in total. The van der Waals surface area contributed by atoms with E-state index in [0.717, 1.165) is 5.56 Å². The number of nitrogens with two attached hydrogens (primary N) is 1. The number of halogens is 2. The first-order valence-electron chi connectivity index (χ1n) is 5.81. The lowest BCUT2D eigenvalue weighted by molar-refractivity contribution is -0.125. The van der Waals surface area contributed by atoms with E-state index in [1.165, 1.54) is 0 Å². The monoisotopic (exact) mass is 306 g/mol. The molecule has 6 heteroatoms. The fourth-order valence-corrected chi connectivity index (χ4v) is 1.61. The van der Waals surface area contributed by atoms with Crippen molar-refractivity contribution in [3.05, 3.63) is 28.8 Å². The number of rotatable bonds is 5. The van der Waals surface area contributed by atoms with Gasteiger partial charge in [-0.25, -0.2) is 0 Å². The molecule has 0 radical (unpaired) electrons. The molecule has 1 aromatic rings. The standard InChI is InChI=1S/C13H19ClN2O2.ClH/c1-8(9(2)15)13(17)16-7-10-4-5-11(14)6-12(10)18-3;/h4-6,8-9H,7,15H2,1-3H3,(H,16,17);1H. The summed E-state index contributed by atoms with van der Waals surface area (Å²) in [5.74, 6) is 0.376. The molecule has 1 rings (SSSR count). The van der Waals surface area contributed by atoms with E-state index in [1.807, 2.05) is 13.0 Å². The largest absolute Gasteiger partial charge is 0.496 e. The SMILES string of the molecule is COc1cc(Cl)ccc1CNC(=O)C(C)C(C)N.Cl. The van der Waals surface area contributed by atoms with E-state index >= 15 is 0 Å². The lowest BCUT2D eigenvalue weighted by atomic mass is 10.0. The minimum absolute atomic E-state index is 0. The Morgan fingerprint density at radius 1 is 1.47 bits per heavy atom. The average molecular weight is 307 g/mol. The normalized spacial score (nSPS) is 13.1. The van der Waals surface area contributed by atoms with Crippen molar-refractivity contribution in [1.29, 1.82) is 0 Å². The highest BCUT2D eigenvalue weighted by Crippen LogP contribution is 2.22. The van der Waals surface area contributed by atoms with Gasteiger partial charge in [-0.15, -0.1) is 12.4 Å². The van der Waals surface area contributed by atoms with Crippen LogP contribution in [-0.4, -0.2) is 19.1 Å². The van der Waals surface area contributed by atoms with E-state index in [-0.39, 0.29) is 30.3 Å². The van der Waals surface area contributed by atoms with Crippen LogP contribution in [0.5, 0.6) is 5.75 Å². The van der Waals surface area contributed by atoms with Crippen LogP contribution in [0.3, 0.4) is 0 Å². The summed E-state index contributed by atoms with van der Waals surface area (Å²) >= 11 is 5.87. The molecule has 108 valence electrons. The Kier molecular flexibility index (Phi) is 7.83. The van der Waals surface area contributed by atoms with Crippen molar-refractivity contribution in [2.45, 2.75) is 26.4 Å². The van der Waals surface area contributed by atoms with Crippen LogP contribution in [0.4, 0.5) is 0 Å². The quantitative estimate of drug-likeness (QED) is 0.878. The highest BCUT2D eigenvalue weighted by atomic mass is 35.5. The molecule has 0 bridgehead atoms. The van der Waals surface area contributed by atoms with Gasteiger partial charge in [0, 0.05) is 29.1 Å². The molecule has 3 N–H and O–H groups in total. The van der Waals surface area contributed by atoms with Crippen molar-refractivity contribution in [2.75, 3.05) is 7.11 Å². The third kappa shape index (κ3) is 5.27. The maximum atomic E-state index is 11.8. The van der Waals surface area contributed by atoms with Crippen LogP contribution in [0.2, 0.25) is 5.02 Å². The number of ether oxygens (including phenoxy) is 1. The molecule has 19 heavy (non-hydrogen) atoms. The van der Waals surface area contributed by atoms with Gasteiger partial charge in [-0.05, 0) is 19.1 Å². The number of carbonyl (C=O) groups is 1. The van der Waals surface area contributed by atoms with E-state index in [1.54, 1.807) is 26.2 Å². The molecule has 0 aliphatic carbocycles. The summed E-state index contributed by atoms with van der Waals surface area (Å²) in [5.41, 5.74) is 6.56. The van der Waals surface area contributed by atoms with Gasteiger partial charge in [-0.3, -0.25) is 4.79 Å². The van der Waals surface area contributed by atoms with E-state index in [2.05, 4.69) is 5.32 Å². The summed E-state index contributed by atoms with van der Waals surface area (Å²) in [6, 6.07) is 5.15. The van der Waals surface area contributed by atoms with Gasteiger partial charge in [-0.1, -0.05) is 24.6 Å². The number of nitrogens with one attached hydrogen (secondary N) is 1. The van der Waals surface area contributed by atoms with Gasteiger partial charge < -0.3 is 15.8 Å². The van der Waals surface area contributed by atoms with Gasteiger partial charge in [0.25, 0.3) is 0 Å². The zero-order valence-corrected chi connectivity index (χ0v) is 12.8. The second-order valence-corrected chi connectivity index (χ2v) is 4.76. The summed E-state index contributed by atoms with van der Waals surface area (Å²) in [7, 11) is 1.57. The maximum absolute atomic E-state index is 11.8. The summed E-state index contributed by atoms with van der Waals surface area (Å²) in [4.78, 5) is 11.8. The van der Waals surface area contributed by atoms with Crippen molar-refractivity contribution < 1.29 is 9.53 Å². The molecule has 1 amide bonds. The van der Waals surface area contributed by atoms with Gasteiger partial charge in [-0.2, -0.15) is 0 Å². The summed E-state index contributed by atoms with van der Waals surface area (Å²) in [5, 5.41) is 3.43. The molecule has 0 fully saturated rings. The van der Waals surface area contributed by atoms with E-state index < -0.39 is 0 Å². The van der Waals surface area contributed by atoms with Gasteiger partial charge in [0.1, 0.15) is 5.75 Å². The first-order chi connectivity index (χ1) is 8.45. The Labute approximate surface area is 125 Å². The second kappa shape index (κ2) is 8.25. The Morgan fingerprint density at radius 3 is 2.63 bits per heavy atom. The molecule has 2 atom stereocenters. The lowest BCUT2D eigenvalue weighted by Gasteiger charge is -2.16. The van der Waals surface area contributed by atoms with E-state index in [4.69, 9.17) is 22.1 Å². The lowest BCUT2D eigenvalue weighted by Crippen LogP contribution is -2.38.